The number of nitrogens with one attached hydrogen (secondary N) is 1. The van der Waals surface area contributed by atoms with Crippen LogP contribution in [0.4, 0.5) is 0 Å². The van der Waals surface area contributed by atoms with Crippen LogP contribution in [0.3, 0.4) is 0 Å². The van der Waals surface area contributed by atoms with E-state index in [-0.39, 0.29) is 12.1 Å². The quantitative estimate of drug-likeness (QED) is 0.826. The molecule has 0 heterocycles. The number of rotatable bonds is 7. The first-order chi connectivity index (χ1) is 9.46. The molecule has 0 bridgehead atoms. The van der Waals surface area contributed by atoms with Gasteiger partial charge in [0.05, 0.1) is 19.3 Å². The molecular weight excluding hydrogens is 250 g/mol. The fourth-order valence-electron chi connectivity index (χ4n) is 2.85. The summed E-state index contributed by atoms with van der Waals surface area (Å²) in [6.45, 7) is 11.4. The van der Waals surface area contributed by atoms with Crippen LogP contribution in [-0.2, 0) is 4.74 Å². The monoisotopic (exact) mass is 279 g/mol. The van der Waals surface area contributed by atoms with Crippen LogP contribution in [0.25, 0.3) is 0 Å². The van der Waals surface area contributed by atoms with Crippen molar-refractivity contribution >= 4 is 0 Å². The highest BCUT2D eigenvalue weighted by atomic mass is 16.5. The van der Waals surface area contributed by atoms with Crippen LogP contribution < -0.4 is 10.1 Å². The molecule has 0 spiro atoms. The largest absolute Gasteiger partial charge is 0.496 e. The van der Waals surface area contributed by atoms with Crippen molar-refractivity contribution in [2.75, 3.05) is 20.8 Å². The molecule has 3 heteroatoms. The normalized spacial score (nSPS) is 14.4. The molecule has 2 atom stereocenters. The van der Waals surface area contributed by atoms with Crippen LogP contribution in [0.2, 0.25) is 0 Å². The van der Waals surface area contributed by atoms with Gasteiger partial charge in [-0.25, -0.2) is 0 Å². The minimum absolute atomic E-state index is 0.125. The maximum absolute atomic E-state index is 5.98. The van der Waals surface area contributed by atoms with Gasteiger partial charge in [-0.1, -0.05) is 19.9 Å². The number of ether oxygens (including phenoxy) is 2. The average Bonchev–Trinajstić information content (AvgIpc) is 2.39. The zero-order chi connectivity index (χ0) is 15.3. The second kappa shape index (κ2) is 7.65. The van der Waals surface area contributed by atoms with Gasteiger partial charge in [-0.15, -0.1) is 0 Å². The Labute approximate surface area is 123 Å². The van der Waals surface area contributed by atoms with Crippen molar-refractivity contribution in [2.24, 2.45) is 5.92 Å². The molecule has 3 nitrogen and oxygen atoms in total. The number of methoxy groups -OCH3 is 1. The Kier molecular flexibility index (Phi) is 6.50. The topological polar surface area (TPSA) is 30.5 Å². The van der Waals surface area contributed by atoms with Crippen molar-refractivity contribution in [1.82, 2.24) is 5.32 Å². The van der Waals surface area contributed by atoms with Gasteiger partial charge in [0.1, 0.15) is 5.75 Å². The summed E-state index contributed by atoms with van der Waals surface area (Å²) in [5.41, 5.74) is 3.66. The molecule has 1 aromatic rings. The van der Waals surface area contributed by atoms with Gasteiger partial charge in [0, 0.05) is 12.2 Å². The van der Waals surface area contributed by atoms with E-state index >= 15 is 0 Å². The van der Waals surface area contributed by atoms with Crippen molar-refractivity contribution in [2.45, 2.75) is 46.8 Å². The van der Waals surface area contributed by atoms with E-state index < -0.39 is 0 Å². The summed E-state index contributed by atoms with van der Waals surface area (Å²) in [6.07, 6.45) is 0.125. The van der Waals surface area contributed by atoms with Gasteiger partial charge < -0.3 is 14.8 Å². The fourth-order valence-corrected chi connectivity index (χ4v) is 2.85. The maximum Gasteiger partial charge on any atom is 0.124 e. The summed E-state index contributed by atoms with van der Waals surface area (Å²) in [6, 6.07) is 4.42. The first-order valence-electron chi connectivity index (χ1n) is 7.40. The summed E-state index contributed by atoms with van der Waals surface area (Å²) >= 11 is 0. The highest BCUT2D eigenvalue weighted by Crippen LogP contribution is 2.34. The summed E-state index contributed by atoms with van der Waals surface area (Å²) < 4.78 is 11.6. The lowest BCUT2D eigenvalue weighted by atomic mass is 9.89. The Bertz CT molecular complexity index is 429. The first kappa shape index (κ1) is 17.0. The van der Waals surface area contributed by atoms with Crippen LogP contribution >= 0.6 is 0 Å². The van der Waals surface area contributed by atoms with Crippen LogP contribution in [0.15, 0.2) is 12.1 Å². The molecule has 0 saturated heterocycles. The van der Waals surface area contributed by atoms with Gasteiger partial charge in [0.2, 0.25) is 0 Å². The van der Waals surface area contributed by atoms with E-state index in [2.05, 4.69) is 45.1 Å². The first-order valence-corrected chi connectivity index (χ1v) is 7.40. The summed E-state index contributed by atoms with van der Waals surface area (Å²) in [5, 5.41) is 3.41. The Hall–Kier alpha value is -1.06. The van der Waals surface area contributed by atoms with Crippen molar-refractivity contribution in [3.8, 4) is 5.75 Å². The number of likely N-dealkylation sites (N-methyl/N-ethyl adjacent to an activating group) is 1. The lowest BCUT2D eigenvalue weighted by Crippen LogP contribution is -2.36. The summed E-state index contributed by atoms with van der Waals surface area (Å²) in [4.78, 5) is 0. The number of aryl methyl sites for hydroxylation is 2. The fraction of sp³-hybridized carbons (Fsp3) is 0.647. The van der Waals surface area contributed by atoms with Crippen LogP contribution in [0.5, 0.6) is 5.75 Å². The van der Waals surface area contributed by atoms with Crippen LogP contribution in [0.1, 0.15) is 43.5 Å². The van der Waals surface area contributed by atoms with Crippen LogP contribution in [-0.4, -0.2) is 26.9 Å². The van der Waals surface area contributed by atoms with Crippen molar-refractivity contribution in [1.29, 1.82) is 0 Å². The van der Waals surface area contributed by atoms with E-state index in [0.717, 1.165) is 5.75 Å². The van der Waals surface area contributed by atoms with E-state index in [4.69, 9.17) is 9.47 Å². The zero-order valence-corrected chi connectivity index (χ0v) is 13.9. The van der Waals surface area contributed by atoms with Gasteiger partial charge in [0.15, 0.2) is 0 Å². The molecule has 114 valence electrons. The van der Waals surface area contributed by atoms with Crippen LogP contribution in [0, 0.1) is 19.8 Å². The molecule has 0 aliphatic rings. The molecule has 1 N–H and O–H groups in total. The lowest BCUT2D eigenvalue weighted by molar-refractivity contribution is 0.00394. The Morgan fingerprint density at radius 3 is 2.30 bits per heavy atom. The maximum atomic E-state index is 5.98. The molecule has 1 aromatic carbocycles. The smallest absolute Gasteiger partial charge is 0.124 e. The molecule has 0 aliphatic heterocycles. The second-order valence-electron chi connectivity index (χ2n) is 5.63. The van der Waals surface area contributed by atoms with Crippen molar-refractivity contribution in [3.63, 3.8) is 0 Å². The lowest BCUT2D eigenvalue weighted by Gasteiger charge is -2.32. The molecule has 0 aromatic heterocycles. The number of hydrogen-bond donors (Lipinski definition) is 1. The van der Waals surface area contributed by atoms with E-state index in [1.54, 1.807) is 7.11 Å². The minimum Gasteiger partial charge on any atom is -0.496 e. The molecule has 0 aliphatic carbocycles. The van der Waals surface area contributed by atoms with Crippen molar-refractivity contribution in [3.05, 3.63) is 28.8 Å². The molecule has 20 heavy (non-hydrogen) atoms. The predicted octanol–water partition coefficient (Wildman–Crippen LogP) is 3.63. The molecule has 0 amide bonds. The van der Waals surface area contributed by atoms with E-state index in [1.165, 1.54) is 16.7 Å². The molecular formula is C17H29NO2. The second-order valence-corrected chi connectivity index (χ2v) is 5.63. The zero-order valence-electron chi connectivity index (χ0n) is 13.9. The van der Waals surface area contributed by atoms with Gasteiger partial charge in [-0.2, -0.15) is 0 Å². The molecule has 1 rings (SSSR count). The Morgan fingerprint density at radius 2 is 1.85 bits per heavy atom. The average molecular weight is 279 g/mol. The van der Waals surface area contributed by atoms with Gasteiger partial charge in [-0.3, -0.25) is 0 Å². The summed E-state index contributed by atoms with van der Waals surface area (Å²) in [5.74, 6) is 1.37. The molecule has 2 unspecified atom stereocenters. The predicted molar refractivity (Wildman–Crippen MR) is 84.5 cm³/mol. The standard InChI is InChI=1S/C17H29NO2/c1-8-20-17(11(2)3)16(18-6)15-13(5)9-12(4)10-14(15)19-7/h9-11,16-18H,8H2,1-7H3. The van der Waals surface area contributed by atoms with Gasteiger partial charge in [-0.05, 0) is 50.9 Å². The third-order valence-electron chi connectivity index (χ3n) is 3.68. The highest BCUT2D eigenvalue weighted by Gasteiger charge is 2.29. The van der Waals surface area contributed by atoms with E-state index in [1.807, 2.05) is 14.0 Å². The van der Waals surface area contributed by atoms with E-state index in [9.17, 15) is 0 Å². The SMILES string of the molecule is CCOC(C(C)C)C(NC)c1c(C)cc(C)cc1OC. The van der Waals surface area contributed by atoms with Gasteiger partial charge in [0.25, 0.3) is 0 Å². The summed E-state index contributed by atoms with van der Waals surface area (Å²) in [7, 11) is 3.72. The third-order valence-corrected chi connectivity index (χ3v) is 3.68. The number of hydrogen-bond acceptors (Lipinski definition) is 3. The van der Waals surface area contributed by atoms with Crippen molar-refractivity contribution < 1.29 is 9.47 Å². The minimum atomic E-state index is 0.125. The third kappa shape index (κ3) is 3.74. The van der Waals surface area contributed by atoms with E-state index in [0.29, 0.717) is 12.5 Å². The molecule has 0 fully saturated rings. The Balaban J connectivity index is 3.29. The molecule has 0 radical (unpaired) electrons. The Morgan fingerprint density at radius 1 is 1.20 bits per heavy atom. The van der Waals surface area contributed by atoms with Gasteiger partial charge >= 0.3 is 0 Å². The highest BCUT2D eigenvalue weighted by molar-refractivity contribution is 5.45. The number of benzene rings is 1. The molecule has 0 saturated carbocycles.